The van der Waals surface area contributed by atoms with Gasteiger partial charge in [-0.25, -0.2) is 0 Å². The van der Waals surface area contributed by atoms with Crippen molar-refractivity contribution in [1.29, 1.82) is 0 Å². The molecule has 0 aromatic carbocycles. The molecular weight excluding hydrogens is 206 g/mol. The molecule has 0 spiro atoms. The Morgan fingerprint density at radius 1 is 1.57 bits per heavy atom. The van der Waals surface area contributed by atoms with Gasteiger partial charge in [0.1, 0.15) is 0 Å². The number of hydrogen-bond donors (Lipinski definition) is 1. The molecule has 1 saturated heterocycles. The molecule has 84 valence electrons. The van der Waals surface area contributed by atoms with Gasteiger partial charge in [-0.1, -0.05) is 0 Å². The van der Waals surface area contributed by atoms with Crippen LogP contribution in [-0.4, -0.2) is 40.7 Å². The summed E-state index contributed by atoms with van der Waals surface area (Å²) in [6.45, 7) is 1.65. The van der Waals surface area contributed by atoms with Gasteiger partial charge in [0.25, 0.3) is 10.1 Å². The molecule has 0 aromatic heterocycles. The van der Waals surface area contributed by atoms with Gasteiger partial charge in [-0.2, -0.15) is 8.42 Å². The molecule has 14 heavy (non-hydrogen) atoms. The molecule has 0 aliphatic carbocycles. The second-order valence-corrected chi connectivity index (χ2v) is 5.05. The van der Waals surface area contributed by atoms with Crippen LogP contribution in [0.3, 0.4) is 0 Å². The topological polar surface area (TPSA) is 64.6 Å². The summed E-state index contributed by atoms with van der Waals surface area (Å²) in [4.78, 5) is 0. The van der Waals surface area contributed by atoms with Crippen LogP contribution in [0.15, 0.2) is 0 Å². The number of nitrogens with one attached hydrogen (secondary N) is 1. The zero-order chi connectivity index (χ0) is 10.4. The van der Waals surface area contributed by atoms with E-state index in [1.165, 1.54) is 0 Å². The summed E-state index contributed by atoms with van der Waals surface area (Å²) in [5.74, 6) is 0. The monoisotopic (exact) mass is 223 g/mol. The van der Waals surface area contributed by atoms with E-state index in [1.54, 1.807) is 0 Å². The van der Waals surface area contributed by atoms with Gasteiger partial charge in [-0.15, -0.1) is 0 Å². The standard InChI is InChI=1S/C8H17NO4S/c1-14(10,11)13-5-2-3-8-4-6-12-7-9-8/h8-9H,2-7H2,1H3. The van der Waals surface area contributed by atoms with Gasteiger partial charge in [0, 0.05) is 12.6 Å². The first-order chi connectivity index (χ1) is 6.58. The van der Waals surface area contributed by atoms with Crippen LogP contribution in [-0.2, 0) is 19.0 Å². The van der Waals surface area contributed by atoms with Crippen LogP contribution in [0.25, 0.3) is 0 Å². The highest BCUT2D eigenvalue weighted by Crippen LogP contribution is 2.06. The molecule has 1 fully saturated rings. The third-order valence-corrected chi connectivity index (χ3v) is 2.67. The zero-order valence-electron chi connectivity index (χ0n) is 8.36. The summed E-state index contributed by atoms with van der Waals surface area (Å²) in [6.07, 6.45) is 3.74. The van der Waals surface area contributed by atoms with Crippen LogP contribution < -0.4 is 5.32 Å². The number of rotatable bonds is 5. The van der Waals surface area contributed by atoms with E-state index >= 15 is 0 Å². The summed E-state index contributed by atoms with van der Waals surface area (Å²) in [5, 5.41) is 3.19. The maximum absolute atomic E-state index is 10.6. The van der Waals surface area contributed by atoms with Crippen molar-refractivity contribution in [2.45, 2.75) is 25.3 Å². The molecule has 1 aliphatic rings. The first kappa shape index (κ1) is 11.9. The molecule has 1 aliphatic heterocycles. The van der Waals surface area contributed by atoms with E-state index in [2.05, 4.69) is 9.50 Å². The van der Waals surface area contributed by atoms with Crippen LogP contribution in [0.5, 0.6) is 0 Å². The van der Waals surface area contributed by atoms with E-state index < -0.39 is 10.1 Å². The Bertz CT molecular complexity index is 246. The first-order valence-corrected chi connectivity index (χ1v) is 6.55. The second kappa shape index (κ2) is 5.65. The minimum atomic E-state index is -3.27. The van der Waals surface area contributed by atoms with Crippen LogP contribution in [0.1, 0.15) is 19.3 Å². The van der Waals surface area contributed by atoms with E-state index in [1.807, 2.05) is 0 Å². The minimum Gasteiger partial charge on any atom is -0.366 e. The number of ether oxygens (including phenoxy) is 1. The summed E-state index contributed by atoms with van der Waals surface area (Å²) in [6, 6.07) is 0.437. The fraction of sp³-hybridized carbons (Fsp3) is 1.00. The first-order valence-electron chi connectivity index (χ1n) is 4.73. The van der Waals surface area contributed by atoms with Gasteiger partial charge in [-0.3, -0.25) is 9.50 Å². The van der Waals surface area contributed by atoms with Crippen LogP contribution in [0.2, 0.25) is 0 Å². The van der Waals surface area contributed by atoms with Crippen LogP contribution in [0.4, 0.5) is 0 Å². The quantitative estimate of drug-likeness (QED) is 0.528. The predicted octanol–water partition coefficient (Wildman–Crippen LogP) is 0.0788. The predicted molar refractivity (Wildman–Crippen MR) is 52.4 cm³/mol. The molecule has 1 rings (SSSR count). The lowest BCUT2D eigenvalue weighted by Crippen LogP contribution is -2.37. The largest absolute Gasteiger partial charge is 0.366 e. The van der Waals surface area contributed by atoms with Gasteiger partial charge >= 0.3 is 0 Å². The Morgan fingerprint density at radius 3 is 2.93 bits per heavy atom. The van der Waals surface area contributed by atoms with E-state index in [9.17, 15) is 8.42 Å². The maximum Gasteiger partial charge on any atom is 0.264 e. The average molecular weight is 223 g/mol. The van der Waals surface area contributed by atoms with Gasteiger partial charge in [0.15, 0.2) is 0 Å². The Morgan fingerprint density at radius 2 is 2.36 bits per heavy atom. The Labute approximate surface area is 84.9 Å². The van der Waals surface area contributed by atoms with E-state index in [-0.39, 0.29) is 6.61 Å². The number of hydrogen-bond acceptors (Lipinski definition) is 5. The van der Waals surface area contributed by atoms with Crippen LogP contribution >= 0.6 is 0 Å². The highest BCUT2D eigenvalue weighted by Gasteiger charge is 2.12. The van der Waals surface area contributed by atoms with Gasteiger partial charge in [-0.05, 0) is 19.3 Å². The van der Waals surface area contributed by atoms with Crippen molar-refractivity contribution in [3.63, 3.8) is 0 Å². The summed E-state index contributed by atoms with van der Waals surface area (Å²) < 4.78 is 31.0. The average Bonchev–Trinajstić information content (AvgIpc) is 2.13. The summed E-state index contributed by atoms with van der Waals surface area (Å²) >= 11 is 0. The third kappa shape index (κ3) is 5.54. The second-order valence-electron chi connectivity index (χ2n) is 3.41. The Hall–Kier alpha value is -0.170. The molecule has 6 heteroatoms. The smallest absolute Gasteiger partial charge is 0.264 e. The molecule has 0 saturated carbocycles. The molecule has 0 radical (unpaired) electrons. The van der Waals surface area contributed by atoms with Crippen molar-refractivity contribution in [2.24, 2.45) is 0 Å². The third-order valence-electron chi connectivity index (χ3n) is 2.08. The SMILES string of the molecule is CS(=O)(=O)OCCCC1CCOCN1. The molecular formula is C8H17NO4S. The maximum atomic E-state index is 10.6. The van der Waals surface area contributed by atoms with Crippen molar-refractivity contribution < 1.29 is 17.3 Å². The lowest BCUT2D eigenvalue weighted by molar-refractivity contribution is 0.0581. The Kier molecular flexibility index (Phi) is 4.80. The highest BCUT2D eigenvalue weighted by molar-refractivity contribution is 7.85. The van der Waals surface area contributed by atoms with Crippen molar-refractivity contribution in [3.05, 3.63) is 0 Å². The molecule has 0 aromatic rings. The summed E-state index contributed by atoms with van der Waals surface area (Å²) in [7, 11) is -3.27. The lowest BCUT2D eigenvalue weighted by atomic mass is 10.1. The van der Waals surface area contributed by atoms with E-state index in [0.717, 1.165) is 32.1 Å². The van der Waals surface area contributed by atoms with E-state index in [0.29, 0.717) is 12.8 Å². The van der Waals surface area contributed by atoms with Crippen molar-refractivity contribution in [3.8, 4) is 0 Å². The fourth-order valence-corrected chi connectivity index (χ4v) is 1.78. The van der Waals surface area contributed by atoms with Crippen molar-refractivity contribution in [1.82, 2.24) is 5.32 Å². The molecule has 0 bridgehead atoms. The summed E-state index contributed by atoms with van der Waals surface area (Å²) in [5.41, 5.74) is 0. The van der Waals surface area contributed by atoms with Crippen molar-refractivity contribution >= 4 is 10.1 Å². The molecule has 1 unspecified atom stereocenters. The fourth-order valence-electron chi connectivity index (χ4n) is 1.36. The highest BCUT2D eigenvalue weighted by atomic mass is 32.2. The van der Waals surface area contributed by atoms with E-state index in [4.69, 9.17) is 4.74 Å². The van der Waals surface area contributed by atoms with Crippen LogP contribution in [0, 0.1) is 0 Å². The molecule has 1 heterocycles. The molecule has 5 nitrogen and oxygen atoms in total. The van der Waals surface area contributed by atoms with Gasteiger partial charge in [0.05, 0.1) is 19.6 Å². The zero-order valence-corrected chi connectivity index (χ0v) is 9.18. The van der Waals surface area contributed by atoms with Crippen molar-refractivity contribution in [2.75, 3.05) is 26.2 Å². The molecule has 1 N–H and O–H groups in total. The molecule has 1 atom stereocenters. The minimum absolute atomic E-state index is 0.276. The van der Waals surface area contributed by atoms with Gasteiger partial charge in [0.2, 0.25) is 0 Å². The lowest BCUT2D eigenvalue weighted by Gasteiger charge is -2.23. The Balaban J connectivity index is 2.03. The van der Waals surface area contributed by atoms with Gasteiger partial charge < -0.3 is 4.74 Å². The normalized spacial score (nSPS) is 23.6. The molecule has 0 amide bonds.